The summed E-state index contributed by atoms with van der Waals surface area (Å²) in [6, 6.07) is 23.7. The highest BCUT2D eigenvalue weighted by molar-refractivity contribution is 7.99. The molecular weight excluding hydrogens is 388 g/mol. The third-order valence-corrected chi connectivity index (χ3v) is 7.03. The molecule has 0 bridgehead atoms. The number of hydrogen-bond acceptors (Lipinski definition) is 4. The number of methoxy groups -OCH3 is 1. The van der Waals surface area contributed by atoms with Gasteiger partial charge in [0, 0.05) is 48.2 Å². The molecule has 0 amide bonds. The van der Waals surface area contributed by atoms with Crippen molar-refractivity contribution >= 4 is 17.4 Å². The van der Waals surface area contributed by atoms with Crippen LogP contribution in [0.3, 0.4) is 0 Å². The number of hydrogen-bond donors (Lipinski definition) is 0. The molecule has 0 saturated carbocycles. The van der Waals surface area contributed by atoms with Crippen LogP contribution in [0, 0.1) is 13.8 Å². The molecule has 1 heterocycles. The highest BCUT2D eigenvalue weighted by Gasteiger charge is 2.19. The molecule has 3 nitrogen and oxygen atoms in total. The number of ether oxygens (including phenoxy) is 1. The number of rotatable bonds is 6. The smallest absolute Gasteiger partial charge is 0.119 e. The largest absolute Gasteiger partial charge is 0.497 e. The molecular formula is C26H30N2OS. The first kappa shape index (κ1) is 20.8. The van der Waals surface area contributed by atoms with Crippen molar-refractivity contribution in [2.75, 3.05) is 38.2 Å². The molecule has 3 aromatic carbocycles. The number of piperazine rings is 1. The average Bonchev–Trinajstić information content (AvgIpc) is 2.78. The number of anilines is 1. The molecule has 156 valence electrons. The number of benzene rings is 3. The van der Waals surface area contributed by atoms with Crippen LogP contribution in [0.25, 0.3) is 0 Å². The summed E-state index contributed by atoms with van der Waals surface area (Å²) in [5.74, 6) is 0.903. The van der Waals surface area contributed by atoms with Gasteiger partial charge >= 0.3 is 0 Å². The third-order valence-electron chi connectivity index (χ3n) is 5.92. The van der Waals surface area contributed by atoms with Gasteiger partial charge in [0.05, 0.1) is 7.11 Å². The van der Waals surface area contributed by atoms with Gasteiger partial charge in [-0.2, -0.15) is 0 Å². The Labute approximate surface area is 184 Å². The Morgan fingerprint density at radius 1 is 0.867 bits per heavy atom. The van der Waals surface area contributed by atoms with E-state index in [4.69, 9.17) is 4.74 Å². The summed E-state index contributed by atoms with van der Waals surface area (Å²) >= 11 is 1.82. The average molecular weight is 419 g/mol. The molecule has 0 spiro atoms. The van der Waals surface area contributed by atoms with Crippen LogP contribution in [0.4, 0.5) is 5.69 Å². The van der Waals surface area contributed by atoms with Crippen molar-refractivity contribution in [3.8, 4) is 5.75 Å². The highest BCUT2D eigenvalue weighted by atomic mass is 32.2. The van der Waals surface area contributed by atoms with E-state index in [1.54, 1.807) is 7.11 Å². The van der Waals surface area contributed by atoms with E-state index < -0.39 is 0 Å². The van der Waals surface area contributed by atoms with Gasteiger partial charge in [0.25, 0.3) is 0 Å². The van der Waals surface area contributed by atoms with E-state index in [9.17, 15) is 0 Å². The van der Waals surface area contributed by atoms with Gasteiger partial charge in [0.1, 0.15) is 5.75 Å². The lowest BCUT2D eigenvalue weighted by Gasteiger charge is -2.37. The van der Waals surface area contributed by atoms with Crippen molar-refractivity contribution in [1.29, 1.82) is 0 Å². The van der Waals surface area contributed by atoms with Gasteiger partial charge in [-0.05, 0) is 60.9 Å². The van der Waals surface area contributed by atoms with Gasteiger partial charge < -0.3 is 9.64 Å². The lowest BCUT2D eigenvalue weighted by atomic mass is 10.1. The molecule has 0 unspecified atom stereocenters. The fourth-order valence-corrected chi connectivity index (χ4v) is 4.98. The minimum absolute atomic E-state index is 0.903. The second-order valence-corrected chi connectivity index (χ2v) is 8.99. The monoisotopic (exact) mass is 418 g/mol. The molecule has 0 N–H and O–H groups in total. The van der Waals surface area contributed by atoms with Gasteiger partial charge in [-0.25, -0.2) is 0 Å². The Hall–Kier alpha value is -2.43. The maximum atomic E-state index is 5.38. The Bertz CT molecular complexity index is 996. The minimum atomic E-state index is 0.903. The normalized spacial score (nSPS) is 14.7. The molecule has 4 rings (SSSR count). The van der Waals surface area contributed by atoms with Crippen LogP contribution < -0.4 is 9.64 Å². The van der Waals surface area contributed by atoms with Crippen LogP contribution >= 0.6 is 11.8 Å². The molecule has 3 aromatic rings. The molecule has 1 saturated heterocycles. The molecule has 30 heavy (non-hydrogen) atoms. The summed E-state index contributed by atoms with van der Waals surface area (Å²) in [5.41, 5.74) is 5.57. The first-order valence-electron chi connectivity index (χ1n) is 10.6. The van der Waals surface area contributed by atoms with E-state index in [-0.39, 0.29) is 0 Å². The summed E-state index contributed by atoms with van der Waals surface area (Å²) in [4.78, 5) is 7.65. The molecule has 4 heteroatoms. The first-order valence-corrected chi connectivity index (χ1v) is 11.4. The van der Waals surface area contributed by atoms with Gasteiger partial charge in [-0.1, -0.05) is 48.2 Å². The molecule has 0 radical (unpaired) electrons. The van der Waals surface area contributed by atoms with Gasteiger partial charge in [0.15, 0.2) is 0 Å². The highest BCUT2D eigenvalue weighted by Crippen LogP contribution is 2.33. The Morgan fingerprint density at radius 3 is 2.43 bits per heavy atom. The summed E-state index contributed by atoms with van der Waals surface area (Å²) in [7, 11) is 1.72. The van der Waals surface area contributed by atoms with E-state index in [1.165, 1.54) is 32.2 Å². The quantitative estimate of drug-likeness (QED) is 0.503. The van der Waals surface area contributed by atoms with Crippen LogP contribution in [-0.4, -0.2) is 38.2 Å². The van der Waals surface area contributed by atoms with Crippen LogP contribution in [0.5, 0.6) is 5.75 Å². The lowest BCUT2D eigenvalue weighted by molar-refractivity contribution is 0.248. The van der Waals surface area contributed by atoms with Crippen molar-refractivity contribution in [2.45, 2.75) is 30.2 Å². The zero-order valence-electron chi connectivity index (χ0n) is 18.1. The Morgan fingerprint density at radius 2 is 1.63 bits per heavy atom. The molecule has 1 aliphatic heterocycles. The molecule has 1 aliphatic rings. The first-order chi connectivity index (χ1) is 14.6. The number of aryl methyl sites for hydroxylation is 1. The Balaban J connectivity index is 1.41. The van der Waals surface area contributed by atoms with Gasteiger partial charge in [-0.15, -0.1) is 0 Å². The van der Waals surface area contributed by atoms with E-state index in [0.29, 0.717) is 0 Å². The fraction of sp³-hybridized carbons (Fsp3) is 0.308. The van der Waals surface area contributed by atoms with Crippen molar-refractivity contribution in [3.63, 3.8) is 0 Å². The fourth-order valence-electron chi connectivity index (χ4n) is 3.99. The van der Waals surface area contributed by atoms with Crippen molar-refractivity contribution in [3.05, 3.63) is 83.4 Å². The summed E-state index contributed by atoms with van der Waals surface area (Å²) in [6.45, 7) is 9.77. The lowest BCUT2D eigenvalue weighted by Crippen LogP contribution is -2.46. The van der Waals surface area contributed by atoms with E-state index in [0.717, 1.165) is 38.5 Å². The zero-order chi connectivity index (χ0) is 20.9. The standard InChI is InChI=1S/C26H30N2OS/c1-20-8-6-12-25(21(20)2)28-16-14-27(15-17-28)19-22-9-4-5-13-26(22)30-24-11-7-10-23(18-24)29-3/h4-13,18H,14-17,19H2,1-3H3. The zero-order valence-corrected chi connectivity index (χ0v) is 18.9. The van der Waals surface area contributed by atoms with Crippen LogP contribution in [-0.2, 0) is 6.54 Å². The molecule has 0 aliphatic carbocycles. The maximum absolute atomic E-state index is 5.38. The predicted octanol–water partition coefficient (Wildman–Crippen LogP) is 5.79. The van der Waals surface area contributed by atoms with Crippen LogP contribution in [0.15, 0.2) is 76.5 Å². The minimum Gasteiger partial charge on any atom is -0.497 e. The van der Waals surface area contributed by atoms with Crippen LogP contribution in [0.1, 0.15) is 16.7 Å². The molecule has 0 aromatic heterocycles. The maximum Gasteiger partial charge on any atom is 0.119 e. The van der Waals surface area contributed by atoms with Crippen molar-refractivity contribution in [2.24, 2.45) is 0 Å². The molecule has 1 fully saturated rings. The van der Waals surface area contributed by atoms with Crippen molar-refractivity contribution in [1.82, 2.24) is 4.90 Å². The second-order valence-electron chi connectivity index (χ2n) is 7.87. The van der Waals surface area contributed by atoms with Gasteiger partial charge in [0.2, 0.25) is 0 Å². The number of nitrogens with zero attached hydrogens (tertiary/aromatic N) is 2. The van der Waals surface area contributed by atoms with Crippen LogP contribution in [0.2, 0.25) is 0 Å². The van der Waals surface area contributed by atoms with E-state index >= 15 is 0 Å². The second kappa shape index (κ2) is 9.59. The Kier molecular flexibility index (Phi) is 6.66. The summed E-state index contributed by atoms with van der Waals surface area (Å²) in [5, 5.41) is 0. The van der Waals surface area contributed by atoms with E-state index in [1.807, 2.05) is 17.8 Å². The van der Waals surface area contributed by atoms with E-state index in [2.05, 4.69) is 84.3 Å². The third kappa shape index (κ3) is 4.82. The predicted molar refractivity (Wildman–Crippen MR) is 127 cm³/mol. The SMILES string of the molecule is COc1cccc(Sc2ccccc2CN2CCN(c3cccc(C)c3C)CC2)c1. The van der Waals surface area contributed by atoms with Crippen molar-refractivity contribution < 1.29 is 4.74 Å². The van der Waals surface area contributed by atoms with Gasteiger partial charge in [-0.3, -0.25) is 4.90 Å². The molecule has 0 atom stereocenters. The summed E-state index contributed by atoms with van der Waals surface area (Å²) in [6.07, 6.45) is 0. The topological polar surface area (TPSA) is 15.7 Å². The summed E-state index contributed by atoms with van der Waals surface area (Å²) < 4.78 is 5.38.